The first-order valence-electron chi connectivity index (χ1n) is 6.86. The fourth-order valence-electron chi connectivity index (χ4n) is 1.92. The van der Waals surface area contributed by atoms with E-state index >= 15 is 0 Å². The van der Waals surface area contributed by atoms with Gasteiger partial charge in [-0.2, -0.15) is 5.10 Å². The minimum atomic E-state index is -1.25. The molecule has 0 atom stereocenters. The van der Waals surface area contributed by atoms with Gasteiger partial charge in [-0.25, -0.2) is 4.44 Å². The Morgan fingerprint density at radius 2 is 1.41 bits per heavy atom. The molecule has 0 unspecified atom stereocenters. The molecule has 1 heterocycles. The standard InChI is InChI=1S/C16H16N2O2P2/c1-13-16(21-18(2)17-13)22(19-14-9-5-3-6-10-14)20-15-11-7-4-8-12-15/h3-12H,1-2H3. The molecule has 0 saturated heterocycles. The summed E-state index contributed by atoms with van der Waals surface area (Å²) in [5.41, 5.74) is 0.960. The van der Waals surface area contributed by atoms with Gasteiger partial charge in [-0.3, -0.25) is 0 Å². The van der Waals surface area contributed by atoms with E-state index in [9.17, 15) is 0 Å². The van der Waals surface area contributed by atoms with Gasteiger partial charge in [0.15, 0.2) is 0 Å². The molecule has 2 aromatic carbocycles. The molecule has 0 fully saturated rings. The largest absolute Gasteiger partial charge is 0.435 e. The zero-order valence-corrected chi connectivity index (χ0v) is 14.2. The molecule has 3 aromatic rings. The highest BCUT2D eigenvalue weighted by Gasteiger charge is 2.23. The van der Waals surface area contributed by atoms with Crippen molar-refractivity contribution in [3.05, 3.63) is 66.4 Å². The van der Waals surface area contributed by atoms with Crippen LogP contribution < -0.4 is 14.1 Å². The van der Waals surface area contributed by atoms with Gasteiger partial charge in [-0.1, -0.05) is 36.4 Å². The molecular formula is C16H16N2O2P2. The van der Waals surface area contributed by atoms with Gasteiger partial charge in [0, 0.05) is 7.05 Å². The number of para-hydroxylation sites is 2. The lowest BCUT2D eigenvalue weighted by molar-refractivity contribution is 0.502. The number of benzene rings is 2. The predicted octanol–water partition coefficient (Wildman–Crippen LogP) is 4.40. The molecule has 4 nitrogen and oxygen atoms in total. The molecule has 0 radical (unpaired) electrons. The topological polar surface area (TPSA) is 36.3 Å². The second-order valence-corrected chi connectivity index (χ2v) is 7.57. The number of nitrogens with zero attached hydrogens (tertiary/aromatic N) is 2. The van der Waals surface area contributed by atoms with Gasteiger partial charge in [0.25, 0.3) is 0 Å². The van der Waals surface area contributed by atoms with Crippen molar-refractivity contribution in [1.29, 1.82) is 0 Å². The van der Waals surface area contributed by atoms with Crippen molar-refractivity contribution >= 4 is 21.8 Å². The van der Waals surface area contributed by atoms with Crippen molar-refractivity contribution in [3.63, 3.8) is 0 Å². The van der Waals surface area contributed by atoms with Crippen molar-refractivity contribution < 1.29 is 9.05 Å². The Balaban J connectivity index is 1.90. The Bertz CT molecular complexity index is 691. The first-order chi connectivity index (χ1) is 10.7. The molecule has 0 amide bonds. The fourth-order valence-corrected chi connectivity index (χ4v) is 4.63. The van der Waals surface area contributed by atoms with Crippen LogP contribution in [0.3, 0.4) is 0 Å². The summed E-state index contributed by atoms with van der Waals surface area (Å²) in [7, 11) is 1.70. The van der Waals surface area contributed by atoms with E-state index < -0.39 is 8.38 Å². The third kappa shape index (κ3) is 3.65. The van der Waals surface area contributed by atoms with Crippen LogP contribution in [0, 0.1) is 6.92 Å². The monoisotopic (exact) mass is 330 g/mol. The van der Waals surface area contributed by atoms with Gasteiger partial charge in [-0.05, 0) is 31.2 Å². The summed E-state index contributed by atoms with van der Waals surface area (Å²) in [6, 6.07) is 19.5. The molecule has 6 heteroatoms. The van der Waals surface area contributed by atoms with Gasteiger partial charge in [0.05, 0.1) is 14.0 Å². The summed E-state index contributed by atoms with van der Waals surface area (Å²) >= 11 is 0. The van der Waals surface area contributed by atoms with E-state index in [0.29, 0.717) is 0 Å². The average Bonchev–Trinajstić information content (AvgIpc) is 2.87. The van der Waals surface area contributed by atoms with E-state index in [4.69, 9.17) is 9.05 Å². The highest BCUT2D eigenvalue weighted by atomic mass is 31.2. The van der Waals surface area contributed by atoms with Crippen molar-refractivity contribution in [3.8, 4) is 11.5 Å². The highest BCUT2D eigenvalue weighted by molar-refractivity contribution is 7.67. The van der Waals surface area contributed by atoms with Gasteiger partial charge < -0.3 is 9.05 Å². The van der Waals surface area contributed by atoms with Crippen LogP contribution in [-0.2, 0) is 7.05 Å². The zero-order valence-electron chi connectivity index (χ0n) is 12.4. The Hall–Kier alpha value is -1.89. The van der Waals surface area contributed by atoms with Crippen LogP contribution in [0.15, 0.2) is 60.7 Å². The van der Waals surface area contributed by atoms with Gasteiger partial charge in [-0.15, -0.1) is 0 Å². The average molecular weight is 330 g/mol. The minimum absolute atomic E-state index is 0.801. The van der Waals surface area contributed by atoms with Gasteiger partial charge in [0.1, 0.15) is 16.5 Å². The van der Waals surface area contributed by atoms with Crippen LogP contribution in [0.1, 0.15) is 5.69 Å². The van der Waals surface area contributed by atoms with E-state index in [-0.39, 0.29) is 0 Å². The smallest absolute Gasteiger partial charge is 0.334 e. The van der Waals surface area contributed by atoms with Crippen LogP contribution in [0.2, 0.25) is 0 Å². The normalized spacial score (nSPS) is 11.0. The maximum absolute atomic E-state index is 6.11. The van der Waals surface area contributed by atoms with Gasteiger partial charge >= 0.3 is 8.38 Å². The van der Waals surface area contributed by atoms with E-state index in [2.05, 4.69) is 5.10 Å². The number of hydrogen-bond donors (Lipinski definition) is 0. The molecule has 0 aliphatic heterocycles. The summed E-state index contributed by atoms with van der Waals surface area (Å²) < 4.78 is 14.1. The molecule has 112 valence electrons. The summed E-state index contributed by atoms with van der Waals surface area (Å²) in [4.78, 5) is 0. The molecule has 0 aliphatic rings. The van der Waals surface area contributed by atoms with Gasteiger partial charge in [0.2, 0.25) is 0 Å². The zero-order chi connectivity index (χ0) is 15.4. The van der Waals surface area contributed by atoms with E-state index in [0.717, 1.165) is 30.6 Å². The highest BCUT2D eigenvalue weighted by Crippen LogP contribution is 2.42. The molecule has 0 bridgehead atoms. The van der Waals surface area contributed by atoms with E-state index in [1.165, 1.54) is 0 Å². The second-order valence-electron chi connectivity index (χ2n) is 4.66. The van der Waals surface area contributed by atoms with Crippen molar-refractivity contribution in [2.24, 2.45) is 7.05 Å². The Labute approximate surface area is 132 Å². The number of rotatable bonds is 5. The van der Waals surface area contributed by atoms with Crippen molar-refractivity contribution in [1.82, 2.24) is 9.54 Å². The van der Waals surface area contributed by atoms with Crippen LogP contribution in [-0.4, -0.2) is 9.54 Å². The predicted molar refractivity (Wildman–Crippen MR) is 91.2 cm³/mol. The third-order valence-corrected chi connectivity index (χ3v) is 5.97. The lowest BCUT2D eigenvalue weighted by atomic mass is 10.3. The first kappa shape index (κ1) is 15.0. The Morgan fingerprint density at radius 3 is 1.82 bits per heavy atom. The van der Waals surface area contributed by atoms with Crippen LogP contribution in [0.4, 0.5) is 0 Å². The summed E-state index contributed by atoms with van der Waals surface area (Å²) in [6.45, 7) is 1.99. The molecular weight excluding hydrogens is 314 g/mol. The number of aromatic nitrogens is 2. The number of aryl methyl sites for hydroxylation is 2. The lowest BCUT2D eigenvalue weighted by Crippen LogP contribution is -2.09. The molecule has 0 N–H and O–H groups in total. The summed E-state index contributed by atoms with van der Waals surface area (Å²) in [6.07, 6.45) is 0. The third-order valence-electron chi connectivity index (χ3n) is 2.89. The molecule has 1 aromatic heterocycles. The fraction of sp³-hybridized carbons (Fsp3) is 0.125. The van der Waals surface area contributed by atoms with E-state index in [1.54, 1.807) is 0 Å². The maximum Gasteiger partial charge on any atom is 0.334 e. The quantitative estimate of drug-likeness (QED) is 0.651. The maximum atomic E-state index is 6.11. The van der Waals surface area contributed by atoms with Crippen LogP contribution in [0.25, 0.3) is 0 Å². The van der Waals surface area contributed by atoms with Crippen molar-refractivity contribution in [2.45, 2.75) is 6.92 Å². The molecule has 0 saturated carbocycles. The van der Waals surface area contributed by atoms with E-state index in [1.807, 2.05) is 79.1 Å². The van der Waals surface area contributed by atoms with Crippen LogP contribution in [0.5, 0.6) is 11.5 Å². The lowest BCUT2D eigenvalue weighted by Gasteiger charge is -2.17. The number of hydrogen-bond acceptors (Lipinski definition) is 3. The molecule has 3 rings (SSSR count). The summed E-state index contributed by atoms with van der Waals surface area (Å²) in [5.74, 6) is 1.60. The summed E-state index contributed by atoms with van der Waals surface area (Å²) in [5, 5.41) is 5.51. The molecule has 22 heavy (non-hydrogen) atoms. The van der Waals surface area contributed by atoms with Crippen molar-refractivity contribution in [2.75, 3.05) is 0 Å². The molecule has 0 aliphatic carbocycles. The first-order valence-corrected chi connectivity index (χ1v) is 8.89. The minimum Gasteiger partial charge on any atom is -0.435 e. The molecule has 0 spiro atoms. The Kier molecular flexibility index (Phi) is 4.72. The second kappa shape index (κ2) is 6.91. The van der Waals surface area contributed by atoms with Crippen LogP contribution >= 0.6 is 16.7 Å². The Morgan fingerprint density at radius 1 is 0.909 bits per heavy atom. The SMILES string of the molecule is Cc1nn(C)pc1P(Oc1ccccc1)Oc1ccccc1.